The van der Waals surface area contributed by atoms with Crippen LogP contribution in [-0.4, -0.2) is 20.9 Å². The fourth-order valence-electron chi connectivity index (χ4n) is 2.72. The van der Waals surface area contributed by atoms with Gasteiger partial charge in [0, 0.05) is 12.4 Å². The van der Waals surface area contributed by atoms with Gasteiger partial charge in [0.2, 0.25) is 0 Å². The normalized spacial score (nSPS) is 12.0. The molecule has 1 unspecified atom stereocenters. The van der Waals surface area contributed by atoms with Crippen LogP contribution >= 0.6 is 0 Å². The van der Waals surface area contributed by atoms with Gasteiger partial charge in [0.25, 0.3) is 11.5 Å². The standard InChI is InChI=1S/C19H20N4O2/c1-2-3-8-14(13-7-6-11-20-12-13)22-18(24)17-19(25)23-16-10-5-4-9-15(16)21-17/h4-7,9-12,14H,2-3,8H2,1H3,(H,22,24)(H,23,25). The second kappa shape index (κ2) is 7.70. The maximum atomic E-state index is 12.6. The van der Waals surface area contributed by atoms with E-state index in [0.717, 1.165) is 24.8 Å². The largest absolute Gasteiger partial charge is 0.344 e. The number of carbonyl (C=O) groups excluding carboxylic acids is 1. The Bertz CT molecular complexity index is 921. The molecule has 0 saturated heterocycles. The van der Waals surface area contributed by atoms with Crippen molar-refractivity contribution >= 4 is 16.9 Å². The van der Waals surface area contributed by atoms with Crippen LogP contribution in [0.15, 0.2) is 53.6 Å². The lowest BCUT2D eigenvalue weighted by atomic mass is 10.0. The Morgan fingerprint density at radius 1 is 1.24 bits per heavy atom. The number of carbonyl (C=O) groups is 1. The highest BCUT2D eigenvalue weighted by molar-refractivity contribution is 5.93. The number of hydrogen-bond donors (Lipinski definition) is 2. The third kappa shape index (κ3) is 3.91. The van der Waals surface area contributed by atoms with Crippen molar-refractivity contribution in [3.05, 3.63) is 70.4 Å². The maximum Gasteiger partial charge on any atom is 0.280 e. The predicted octanol–water partition coefficient (Wildman–Crippen LogP) is 2.98. The van der Waals surface area contributed by atoms with E-state index in [0.29, 0.717) is 11.0 Å². The number of benzene rings is 1. The SMILES string of the molecule is CCCCC(NC(=O)c1nc2ccccc2[nH]c1=O)c1cccnc1. The number of aromatic amines is 1. The van der Waals surface area contributed by atoms with Crippen LogP contribution in [0.4, 0.5) is 0 Å². The summed E-state index contributed by atoms with van der Waals surface area (Å²) in [6, 6.07) is 10.7. The number of fused-ring (bicyclic) bond motifs is 1. The zero-order valence-corrected chi connectivity index (χ0v) is 14.0. The highest BCUT2D eigenvalue weighted by Crippen LogP contribution is 2.19. The van der Waals surface area contributed by atoms with Crippen LogP contribution in [0.3, 0.4) is 0 Å². The summed E-state index contributed by atoms with van der Waals surface area (Å²) in [5.74, 6) is -0.475. The molecule has 6 nitrogen and oxygen atoms in total. The number of hydrogen-bond acceptors (Lipinski definition) is 4. The highest BCUT2D eigenvalue weighted by atomic mass is 16.2. The third-order valence-electron chi connectivity index (χ3n) is 4.05. The Morgan fingerprint density at radius 3 is 2.84 bits per heavy atom. The number of nitrogens with zero attached hydrogens (tertiary/aromatic N) is 2. The first-order valence-corrected chi connectivity index (χ1v) is 8.39. The monoisotopic (exact) mass is 336 g/mol. The van der Waals surface area contributed by atoms with E-state index in [1.54, 1.807) is 24.5 Å². The van der Waals surface area contributed by atoms with Crippen LogP contribution in [0.25, 0.3) is 11.0 Å². The van der Waals surface area contributed by atoms with E-state index >= 15 is 0 Å². The smallest absolute Gasteiger partial charge is 0.280 e. The van der Waals surface area contributed by atoms with Gasteiger partial charge < -0.3 is 10.3 Å². The van der Waals surface area contributed by atoms with Crippen molar-refractivity contribution in [3.63, 3.8) is 0 Å². The molecule has 2 heterocycles. The Morgan fingerprint density at radius 2 is 2.08 bits per heavy atom. The van der Waals surface area contributed by atoms with E-state index in [4.69, 9.17) is 0 Å². The van der Waals surface area contributed by atoms with Crippen LogP contribution in [-0.2, 0) is 0 Å². The summed E-state index contributed by atoms with van der Waals surface area (Å²) in [7, 11) is 0. The number of nitrogens with one attached hydrogen (secondary N) is 2. The minimum Gasteiger partial charge on any atom is -0.344 e. The summed E-state index contributed by atoms with van der Waals surface area (Å²) in [5.41, 5.74) is 1.50. The maximum absolute atomic E-state index is 12.6. The number of aromatic nitrogens is 3. The number of amides is 1. The molecule has 3 rings (SSSR count). The van der Waals surface area contributed by atoms with E-state index in [1.807, 2.05) is 24.3 Å². The number of rotatable bonds is 6. The molecule has 0 bridgehead atoms. The quantitative estimate of drug-likeness (QED) is 0.724. The van der Waals surface area contributed by atoms with Gasteiger partial charge in [0.05, 0.1) is 17.1 Å². The van der Waals surface area contributed by atoms with Crippen molar-refractivity contribution in [3.8, 4) is 0 Å². The van der Waals surface area contributed by atoms with Crippen molar-refractivity contribution in [1.82, 2.24) is 20.3 Å². The van der Waals surface area contributed by atoms with Crippen molar-refractivity contribution in [1.29, 1.82) is 0 Å². The van der Waals surface area contributed by atoms with Gasteiger partial charge >= 0.3 is 0 Å². The van der Waals surface area contributed by atoms with Gasteiger partial charge in [-0.1, -0.05) is 38.0 Å². The molecule has 1 atom stereocenters. The fourth-order valence-corrected chi connectivity index (χ4v) is 2.72. The molecule has 0 aliphatic carbocycles. The predicted molar refractivity (Wildman–Crippen MR) is 96.3 cm³/mol. The molecule has 3 aromatic rings. The average molecular weight is 336 g/mol. The molecule has 0 spiro atoms. The zero-order valence-electron chi connectivity index (χ0n) is 14.0. The Kier molecular flexibility index (Phi) is 5.18. The second-order valence-electron chi connectivity index (χ2n) is 5.89. The van der Waals surface area contributed by atoms with Gasteiger partial charge in [-0.2, -0.15) is 0 Å². The average Bonchev–Trinajstić information content (AvgIpc) is 2.65. The lowest BCUT2D eigenvalue weighted by Gasteiger charge is -2.18. The molecule has 2 N–H and O–H groups in total. The number of H-pyrrole nitrogens is 1. The van der Waals surface area contributed by atoms with E-state index < -0.39 is 11.5 Å². The number of unbranched alkanes of at least 4 members (excludes halogenated alkanes) is 1. The van der Waals surface area contributed by atoms with Gasteiger partial charge in [-0.15, -0.1) is 0 Å². The van der Waals surface area contributed by atoms with Gasteiger partial charge in [-0.3, -0.25) is 14.6 Å². The van der Waals surface area contributed by atoms with E-state index in [2.05, 4.69) is 27.2 Å². The molecule has 0 aliphatic heterocycles. The minimum absolute atomic E-state index is 0.121. The van der Waals surface area contributed by atoms with E-state index in [9.17, 15) is 9.59 Å². The molecule has 0 saturated carbocycles. The topological polar surface area (TPSA) is 87.7 Å². The summed E-state index contributed by atoms with van der Waals surface area (Å²) >= 11 is 0. The van der Waals surface area contributed by atoms with Crippen molar-refractivity contribution in [2.45, 2.75) is 32.2 Å². The molecular weight excluding hydrogens is 316 g/mol. The molecular formula is C19H20N4O2. The van der Waals surface area contributed by atoms with Crippen LogP contribution < -0.4 is 10.9 Å². The molecule has 6 heteroatoms. The van der Waals surface area contributed by atoms with Crippen molar-refractivity contribution in [2.75, 3.05) is 0 Å². The molecule has 25 heavy (non-hydrogen) atoms. The van der Waals surface area contributed by atoms with Crippen molar-refractivity contribution in [2.24, 2.45) is 0 Å². The fraction of sp³-hybridized carbons (Fsp3) is 0.263. The molecule has 2 aromatic heterocycles. The van der Waals surface area contributed by atoms with E-state index in [1.165, 1.54) is 0 Å². The molecule has 0 aliphatic rings. The Hall–Kier alpha value is -3.02. The molecule has 0 fully saturated rings. The lowest BCUT2D eigenvalue weighted by Crippen LogP contribution is -2.34. The number of pyridine rings is 1. The summed E-state index contributed by atoms with van der Waals surface area (Å²) in [6.45, 7) is 2.09. The molecule has 128 valence electrons. The minimum atomic E-state index is -0.489. The third-order valence-corrected chi connectivity index (χ3v) is 4.05. The molecule has 1 amide bonds. The summed E-state index contributed by atoms with van der Waals surface area (Å²) < 4.78 is 0. The molecule has 1 aromatic carbocycles. The molecule has 0 radical (unpaired) electrons. The van der Waals surface area contributed by atoms with Gasteiger partial charge in [-0.05, 0) is 30.2 Å². The first-order valence-electron chi connectivity index (χ1n) is 8.39. The van der Waals surface area contributed by atoms with Crippen LogP contribution in [0, 0.1) is 0 Å². The van der Waals surface area contributed by atoms with Gasteiger partial charge in [-0.25, -0.2) is 4.98 Å². The Balaban J connectivity index is 1.88. The van der Waals surface area contributed by atoms with Crippen molar-refractivity contribution < 1.29 is 4.79 Å². The van der Waals surface area contributed by atoms with Gasteiger partial charge in [0.15, 0.2) is 5.69 Å². The summed E-state index contributed by atoms with van der Waals surface area (Å²) in [6.07, 6.45) is 6.18. The second-order valence-corrected chi connectivity index (χ2v) is 5.89. The highest BCUT2D eigenvalue weighted by Gasteiger charge is 2.19. The summed E-state index contributed by atoms with van der Waals surface area (Å²) in [5, 5.41) is 2.93. The Labute approximate surface area is 145 Å². The number of para-hydroxylation sites is 2. The lowest BCUT2D eigenvalue weighted by molar-refractivity contribution is 0.0927. The first-order chi connectivity index (χ1) is 12.2. The van der Waals surface area contributed by atoms with E-state index in [-0.39, 0.29) is 11.7 Å². The van der Waals surface area contributed by atoms with Crippen LogP contribution in [0.2, 0.25) is 0 Å². The van der Waals surface area contributed by atoms with Crippen LogP contribution in [0.1, 0.15) is 48.3 Å². The first kappa shape index (κ1) is 16.8. The van der Waals surface area contributed by atoms with Gasteiger partial charge in [0.1, 0.15) is 0 Å². The summed E-state index contributed by atoms with van der Waals surface area (Å²) in [4.78, 5) is 35.9. The van der Waals surface area contributed by atoms with Crippen LogP contribution in [0.5, 0.6) is 0 Å². The zero-order chi connectivity index (χ0) is 17.6.